The van der Waals surface area contributed by atoms with E-state index in [0.29, 0.717) is 16.9 Å². The van der Waals surface area contributed by atoms with E-state index in [-0.39, 0.29) is 5.78 Å². The first-order valence-electron chi connectivity index (χ1n) is 9.51. The fourth-order valence-electron chi connectivity index (χ4n) is 3.23. The van der Waals surface area contributed by atoms with Crippen molar-refractivity contribution in [2.45, 2.75) is 6.92 Å². The summed E-state index contributed by atoms with van der Waals surface area (Å²) in [4.78, 5) is 15.0. The van der Waals surface area contributed by atoms with Gasteiger partial charge in [0.25, 0.3) is 0 Å². The molecule has 4 nitrogen and oxygen atoms in total. The first-order valence-corrected chi connectivity index (χ1v) is 9.51. The molecule has 4 rings (SSSR count). The predicted molar refractivity (Wildman–Crippen MR) is 111 cm³/mol. The molecule has 0 aliphatic carbocycles. The number of ether oxygens (including phenoxy) is 2. The van der Waals surface area contributed by atoms with E-state index in [1.165, 1.54) is 5.56 Å². The molecule has 1 fully saturated rings. The highest BCUT2D eigenvalue weighted by Crippen LogP contribution is 2.23. The van der Waals surface area contributed by atoms with Crippen molar-refractivity contribution in [3.8, 4) is 11.5 Å². The van der Waals surface area contributed by atoms with Crippen molar-refractivity contribution in [3.63, 3.8) is 0 Å². The zero-order valence-electron chi connectivity index (χ0n) is 15.9. The monoisotopic (exact) mass is 373 g/mol. The molecule has 0 unspecified atom stereocenters. The van der Waals surface area contributed by atoms with E-state index in [0.717, 1.165) is 37.7 Å². The van der Waals surface area contributed by atoms with Gasteiger partial charge in [-0.05, 0) is 67.6 Å². The van der Waals surface area contributed by atoms with Gasteiger partial charge in [-0.15, -0.1) is 0 Å². The smallest absolute Gasteiger partial charge is 0.193 e. The number of benzene rings is 3. The van der Waals surface area contributed by atoms with Crippen LogP contribution in [-0.2, 0) is 4.74 Å². The summed E-state index contributed by atoms with van der Waals surface area (Å²) in [5.41, 5.74) is 3.65. The maximum atomic E-state index is 12.8. The van der Waals surface area contributed by atoms with E-state index in [1.807, 2.05) is 79.7 Å². The Hall–Kier alpha value is -3.11. The minimum atomic E-state index is 0.00964. The highest BCUT2D eigenvalue weighted by molar-refractivity contribution is 6.09. The summed E-state index contributed by atoms with van der Waals surface area (Å²) in [5, 5.41) is 0. The van der Waals surface area contributed by atoms with Gasteiger partial charge >= 0.3 is 0 Å². The van der Waals surface area contributed by atoms with Gasteiger partial charge in [0, 0.05) is 29.9 Å². The average molecular weight is 373 g/mol. The molecule has 0 N–H and O–H groups in total. The zero-order chi connectivity index (χ0) is 19.3. The molecular weight excluding hydrogens is 350 g/mol. The zero-order valence-corrected chi connectivity index (χ0v) is 15.9. The SMILES string of the molecule is Cc1ccc(Oc2ccc(C(=O)c3ccc(N4CCOCC4)cc3)cc2)cc1. The van der Waals surface area contributed by atoms with Crippen LogP contribution in [0.2, 0.25) is 0 Å². The Labute approximate surface area is 165 Å². The van der Waals surface area contributed by atoms with Gasteiger partial charge in [0.2, 0.25) is 0 Å². The molecule has 1 saturated heterocycles. The standard InChI is InChI=1S/C24H23NO3/c1-18-2-10-22(11-3-18)28-23-12-6-20(7-13-23)24(26)19-4-8-21(9-5-19)25-14-16-27-17-15-25/h2-13H,14-17H2,1H3. The Bertz CT molecular complexity index is 925. The third kappa shape index (κ3) is 4.24. The fourth-order valence-corrected chi connectivity index (χ4v) is 3.23. The van der Waals surface area contributed by atoms with Crippen LogP contribution in [0.4, 0.5) is 5.69 Å². The number of hydrogen-bond acceptors (Lipinski definition) is 4. The fraction of sp³-hybridized carbons (Fsp3) is 0.208. The van der Waals surface area contributed by atoms with Gasteiger partial charge in [-0.2, -0.15) is 0 Å². The second-order valence-electron chi connectivity index (χ2n) is 6.91. The van der Waals surface area contributed by atoms with E-state index in [2.05, 4.69) is 4.90 Å². The highest BCUT2D eigenvalue weighted by Gasteiger charge is 2.13. The van der Waals surface area contributed by atoms with Gasteiger partial charge in [0.15, 0.2) is 5.78 Å². The molecule has 0 spiro atoms. The molecule has 28 heavy (non-hydrogen) atoms. The quantitative estimate of drug-likeness (QED) is 0.599. The van der Waals surface area contributed by atoms with Crippen molar-refractivity contribution in [1.29, 1.82) is 0 Å². The van der Waals surface area contributed by atoms with Crippen LogP contribution >= 0.6 is 0 Å². The Morgan fingerprint density at radius 2 is 1.29 bits per heavy atom. The van der Waals surface area contributed by atoms with Crippen LogP contribution in [0.3, 0.4) is 0 Å². The molecule has 1 heterocycles. The lowest BCUT2D eigenvalue weighted by molar-refractivity contribution is 0.103. The molecule has 0 saturated carbocycles. The molecule has 0 atom stereocenters. The Balaban J connectivity index is 1.43. The van der Waals surface area contributed by atoms with Gasteiger partial charge in [-0.1, -0.05) is 17.7 Å². The summed E-state index contributed by atoms with van der Waals surface area (Å²) >= 11 is 0. The van der Waals surface area contributed by atoms with Crippen molar-refractivity contribution in [1.82, 2.24) is 0 Å². The predicted octanol–water partition coefficient (Wildman–Crippen LogP) is 4.85. The maximum Gasteiger partial charge on any atom is 0.193 e. The molecule has 0 aromatic heterocycles. The number of carbonyl (C=O) groups excluding carboxylic acids is 1. The van der Waals surface area contributed by atoms with Gasteiger partial charge in [0.05, 0.1) is 13.2 Å². The molecule has 1 aliphatic rings. The number of aryl methyl sites for hydroxylation is 1. The third-order valence-corrected chi connectivity index (χ3v) is 4.88. The number of morpholine rings is 1. The number of rotatable bonds is 5. The lowest BCUT2D eigenvalue weighted by Gasteiger charge is -2.28. The third-order valence-electron chi connectivity index (χ3n) is 4.88. The molecule has 4 heteroatoms. The van der Waals surface area contributed by atoms with Crippen molar-refractivity contribution >= 4 is 11.5 Å². The van der Waals surface area contributed by atoms with Crippen LogP contribution in [0.15, 0.2) is 72.8 Å². The number of nitrogens with zero attached hydrogens (tertiary/aromatic N) is 1. The van der Waals surface area contributed by atoms with Crippen molar-refractivity contribution in [2.75, 3.05) is 31.2 Å². The van der Waals surface area contributed by atoms with E-state index in [9.17, 15) is 4.79 Å². The Morgan fingerprint density at radius 3 is 1.86 bits per heavy atom. The lowest BCUT2D eigenvalue weighted by Crippen LogP contribution is -2.36. The van der Waals surface area contributed by atoms with Gasteiger partial charge in [0.1, 0.15) is 11.5 Å². The van der Waals surface area contributed by atoms with E-state index >= 15 is 0 Å². The van der Waals surface area contributed by atoms with E-state index < -0.39 is 0 Å². The molecule has 142 valence electrons. The highest BCUT2D eigenvalue weighted by atomic mass is 16.5. The number of anilines is 1. The second-order valence-corrected chi connectivity index (χ2v) is 6.91. The molecule has 0 radical (unpaired) electrons. The second kappa shape index (κ2) is 8.28. The summed E-state index contributed by atoms with van der Waals surface area (Å²) in [7, 11) is 0. The molecule has 3 aromatic rings. The van der Waals surface area contributed by atoms with Gasteiger partial charge in [-0.3, -0.25) is 4.79 Å². The topological polar surface area (TPSA) is 38.8 Å². The van der Waals surface area contributed by atoms with Crippen LogP contribution in [-0.4, -0.2) is 32.1 Å². The number of hydrogen-bond donors (Lipinski definition) is 0. The van der Waals surface area contributed by atoms with Crippen molar-refractivity contribution in [2.24, 2.45) is 0 Å². The molecular formula is C24H23NO3. The van der Waals surface area contributed by atoms with Crippen LogP contribution < -0.4 is 9.64 Å². The minimum absolute atomic E-state index is 0.00964. The summed E-state index contributed by atoms with van der Waals surface area (Å²) in [6, 6.07) is 23.0. The van der Waals surface area contributed by atoms with E-state index in [1.54, 1.807) is 0 Å². The summed E-state index contributed by atoms with van der Waals surface area (Å²) in [6.07, 6.45) is 0. The van der Waals surface area contributed by atoms with Crippen LogP contribution in [0.1, 0.15) is 21.5 Å². The summed E-state index contributed by atoms with van der Waals surface area (Å²) in [5.74, 6) is 1.50. The van der Waals surface area contributed by atoms with Gasteiger partial charge in [-0.25, -0.2) is 0 Å². The van der Waals surface area contributed by atoms with Crippen LogP contribution in [0.5, 0.6) is 11.5 Å². The van der Waals surface area contributed by atoms with Crippen molar-refractivity contribution < 1.29 is 14.3 Å². The average Bonchev–Trinajstić information content (AvgIpc) is 2.76. The maximum absolute atomic E-state index is 12.8. The Morgan fingerprint density at radius 1 is 0.786 bits per heavy atom. The Kier molecular flexibility index (Phi) is 5.40. The summed E-state index contributed by atoms with van der Waals surface area (Å²) < 4.78 is 11.2. The molecule has 0 bridgehead atoms. The van der Waals surface area contributed by atoms with E-state index in [4.69, 9.17) is 9.47 Å². The summed E-state index contributed by atoms with van der Waals surface area (Å²) in [6.45, 7) is 5.30. The van der Waals surface area contributed by atoms with Crippen molar-refractivity contribution in [3.05, 3.63) is 89.5 Å². The molecule has 0 amide bonds. The first kappa shape index (κ1) is 18.3. The molecule has 3 aromatic carbocycles. The van der Waals surface area contributed by atoms with Gasteiger partial charge < -0.3 is 14.4 Å². The minimum Gasteiger partial charge on any atom is -0.457 e. The largest absolute Gasteiger partial charge is 0.457 e. The number of ketones is 1. The normalized spacial score (nSPS) is 14.0. The van der Waals surface area contributed by atoms with Crippen LogP contribution in [0, 0.1) is 6.92 Å². The lowest BCUT2D eigenvalue weighted by atomic mass is 10.0. The van der Waals surface area contributed by atoms with Crippen LogP contribution in [0.25, 0.3) is 0 Å². The molecule has 1 aliphatic heterocycles. The first-order chi connectivity index (χ1) is 13.7. The number of carbonyl (C=O) groups is 1.